The molecule has 0 aliphatic heterocycles. The fourth-order valence-electron chi connectivity index (χ4n) is 0.337. The van der Waals surface area contributed by atoms with Crippen molar-refractivity contribution in [3.8, 4) is 0 Å². The van der Waals surface area contributed by atoms with Crippen molar-refractivity contribution < 1.29 is 39.7 Å². The van der Waals surface area contributed by atoms with Crippen LogP contribution in [0.25, 0.3) is 0 Å². The summed E-state index contributed by atoms with van der Waals surface area (Å²) in [5.41, 5.74) is 0. The second kappa shape index (κ2) is 6.96. The van der Waals surface area contributed by atoms with Crippen LogP contribution in [0.2, 0.25) is 0 Å². The molecule has 0 spiro atoms. The minimum Gasteiger partial charge on any atom is -1.00 e. The SMILES string of the molecule is C=CC(=O)OCC(C)C(=O)O.[H-].[Li+]. The van der Waals surface area contributed by atoms with Gasteiger partial charge in [-0.1, -0.05) is 6.58 Å². The molecule has 64 valence electrons. The molecule has 0 radical (unpaired) electrons. The van der Waals surface area contributed by atoms with Gasteiger partial charge in [0, 0.05) is 6.08 Å². The number of ether oxygens (including phenoxy) is 1. The van der Waals surface area contributed by atoms with Crippen molar-refractivity contribution >= 4 is 11.9 Å². The van der Waals surface area contributed by atoms with Crippen LogP contribution >= 0.6 is 0 Å². The van der Waals surface area contributed by atoms with E-state index in [1.54, 1.807) is 0 Å². The molecule has 0 aromatic heterocycles. The normalized spacial score (nSPS) is 10.8. The van der Waals surface area contributed by atoms with Gasteiger partial charge in [0.05, 0.1) is 5.92 Å². The summed E-state index contributed by atoms with van der Waals surface area (Å²) < 4.78 is 4.48. The molecule has 0 heterocycles. The minimum atomic E-state index is -0.984. The summed E-state index contributed by atoms with van der Waals surface area (Å²) in [6.07, 6.45) is 0.995. The first kappa shape index (κ1) is 13.8. The van der Waals surface area contributed by atoms with Crippen molar-refractivity contribution in [3.05, 3.63) is 12.7 Å². The maximum atomic E-state index is 10.4. The number of carbonyl (C=O) groups excluding carboxylic acids is 1. The van der Waals surface area contributed by atoms with Crippen molar-refractivity contribution in [2.45, 2.75) is 6.92 Å². The maximum Gasteiger partial charge on any atom is 1.00 e. The average molecular weight is 166 g/mol. The number of hydrogen-bond donors (Lipinski definition) is 1. The summed E-state index contributed by atoms with van der Waals surface area (Å²) in [6.45, 7) is 4.51. The molecule has 0 aromatic rings. The number of carbonyl (C=O) groups is 2. The summed E-state index contributed by atoms with van der Waals surface area (Å²) >= 11 is 0. The summed E-state index contributed by atoms with van der Waals surface area (Å²) in [6, 6.07) is 0. The van der Waals surface area contributed by atoms with Crippen LogP contribution in [0.5, 0.6) is 0 Å². The zero-order chi connectivity index (χ0) is 8.85. The van der Waals surface area contributed by atoms with Gasteiger partial charge in [-0.15, -0.1) is 0 Å². The van der Waals surface area contributed by atoms with Gasteiger partial charge in [-0.3, -0.25) is 4.79 Å². The predicted octanol–water partition coefficient (Wildman–Crippen LogP) is -2.45. The van der Waals surface area contributed by atoms with Crippen molar-refractivity contribution in [1.82, 2.24) is 0 Å². The van der Waals surface area contributed by atoms with Gasteiger partial charge in [0.1, 0.15) is 6.61 Å². The number of hydrogen-bond acceptors (Lipinski definition) is 3. The van der Waals surface area contributed by atoms with Gasteiger partial charge in [0.25, 0.3) is 0 Å². The van der Waals surface area contributed by atoms with E-state index in [-0.39, 0.29) is 26.9 Å². The first-order valence-electron chi connectivity index (χ1n) is 3.10. The van der Waals surface area contributed by atoms with Crippen molar-refractivity contribution in [2.24, 2.45) is 5.92 Å². The van der Waals surface area contributed by atoms with Gasteiger partial charge in [0.2, 0.25) is 0 Å². The molecule has 1 unspecified atom stereocenters. The summed E-state index contributed by atoms with van der Waals surface area (Å²) in [5, 5.41) is 8.35. The molecule has 0 rings (SSSR count). The largest absolute Gasteiger partial charge is 1.00 e. The molecule has 0 aliphatic rings. The van der Waals surface area contributed by atoms with Gasteiger partial charge in [-0.2, -0.15) is 0 Å². The fourth-order valence-corrected chi connectivity index (χ4v) is 0.337. The van der Waals surface area contributed by atoms with Crippen LogP contribution < -0.4 is 18.9 Å². The Morgan fingerprint density at radius 2 is 2.25 bits per heavy atom. The molecular weight excluding hydrogens is 155 g/mol. The van der Waals surface area contributed by atoms with Gasteiger partial charge in [-0.25, -0.2) is 4.79 Å². The summed E-state index contributed by atoms with van der Waals surface area (Å²) in [4.78, 5) is 20.6. The number of carboxylic acid groups (broad SMARTS) is 1. The third-order valence-corrected chi connectivity index (χ3v) is 1.06. The molecule has 0 amide bonds. The maximum absolute atomic E-state index is 10.4. The first-order chi connectivity index (χ1) is 5.07. The molecule has 12 heavy (non-hydrogen) atoms. The Kier molecular flexibility index (Phi) is 8.02. The van der Waals surface area contributed by atoms with Crippen LogP contribution in [0.1, 0.15) is 8.35 Å². The van der Waals surface area contributed by atoms with E-state index >= 15 is 0 Å². The Morgan fingerprint density at radius 3 is 2.58 bits per heavy atom. The second-order valence-electron chi connectivity index (χ2n) is 2.07. The van der Waals surface area contributed by atoms with E-state index in [9.17, 15) is 9.59 Å². The van der Waals surface area contributed by atoms with E-state index in [1.165, 1.54) is 6.92 Å². The Balaban J connectivity index is -0.000000500. The molecule has 1 N–H and O–H groups in total. The molecule has 0 fully saturated rings. The van der Waals surface area contributed by atoms with Gasteiger partial charge in [0.15, 0.2) is 0 Å². The zero-order valence-electron chi connectivity index (χ0n) is 8.24. The van der Waals surface area contributed by atoms with Crippen LogP contribution in [0, 0.1) is 5.92 Å². The van der Waals surface area contributed by atoms with Crippen molar-refractivity contribution in [2.75, 3.05) is 6.61 Å². The third kappa shape index (κ3) is 6.02. The Morgan fingerprint density at radius 1 is 1.75 bits per heavy atom. The molecule has 0 saturated carbocycles. The van der Waals surface area contributed by atoms with Crippen LogP contribution in [0.3, 0.4) is 0 Å². The van der Waals surface area contributed by atoms with E-state index < -0.39 is 17.9 Å². The van der Waals surface area contributed by atoms with E-state index in [0.717, 1.165) is 6.08 Å². The van der Waals surface area contributed by atoms with E-state index in [1.807, 2.05) is 0 Å². The smallest absolute Gasteiger partial charge is 1.00 e. The topological polar surface area (TPSA) is 63.6 Å². The number of rotatable bonds is 4. The monoisotopic (exact) mass is 166 g/mol. The van der Waals surface area contributed by atoms with Gasteiger partial charge in [-0.05, 0) is 6.92 Å². The first-order valence-corrected chi connectivity index (χ1v) is 3.10. The molecule has 0 bridgehead atoms. The summed E-state index contributed by atoms with van der Waals surface area (Å²) in [7, 11) is 0. The minimum absolute atomic E-state index is 0. The molecule has 0 aliphatic carbocycles. The molecule has 0 saturated heterocycles. The number of esters is 1. The zero-order valence-corrected chi connectivity index (χ0v) is 7.24. The standard InChI is InChI=1S/C7H10O4.Li.H/c1-3-6(8)11-4-5(2)7(9)10;;/h3,5H,1,4H2,2H3,(H,9,10);;/q;+1;-1. The Labute approximate surface area is 84.3 Å². The quantitative estimate of drug-likeness (QED) is 0.286. The van der Waals surface area contributed by atoms with E-state index in [4.69, 9.17) is 5.11 Å². The Bertz CT molecular complexity index is 183. The van der Waals surface area contributed by atoms with Crippen LogP contribution in [0.15, 0.2) is 12.7 Å². The van der Waals surface area contributed by atoms with Crippen LogP contribution in [-0.4, -0.2) is 23.7 Å². The predicted molar refractivity (Wildman–Crippen MR) is 39.1 cm³/mol. The molecular formula is C7H11LiO4. The Hall–Kier alpha value is -0.723. The number of carboxylic acids is 1. The van der Waals surface area contributed by atoms with Crippen LogP contribution in [-0.2, 0) is 14.3 Å². The molecule has 5 heteroatoms. The van der Waals surface area contributed by atoms with E-state index in [2.05, 4.69) is 11.3 Å². The van der Waals surface area contributed by atoms with E-state index in [0.29, 0.717) is 0 Å². The van der Waals surface area contributed by atoms with Crippen molar-refractivity contribution in [1.29, 1.82) is 0 Å². The van der Waals surface area contributed by atoms with Crippen LogP contribution in [0.4, 0.5) is 0 Å². The summed E-state index contributed by atoms with van der Waals surface area (Å²) in [5.74, 6) is -2.25. The molecule has 1 atom stereocenters. The number of aliphatic carboxylic acids is 1. The molecule has 4 nitrogen and oxygen atoms in total. The molecule has 0 aromatic carbocycles. The van der Waals surface area contributed by atoms with Crippen molar-refractivity contribution in [3.63, 3.8) is 0 Å². The third-order valence-electron chi connectivity index (χ3n) is 1.06. The van der Waals surface area contributed by atoms with Gasteiger partial charge >= 0.3 is 30.8 Å². The van der Waals surface area contributed by atoms with Gasteiger partial charge < -0.3 is 11.3 Å². The average Bonchev–Trinajstić information content (AvgIpc) is 1.99. The second-order valence-corrected chi connectivity index (χ2v) is 2.07. The fraction of sp³-hybridized carbons (Fsp3) is 0.429.